The van der Waals surface area contributed by atoms with Crippen LogP contribution in [0.5, 0.6) is 0 Å². The van der Waals surface area contributed by atoms with Crippen LogP contribution in [0.1, 0.15) is 12.0 Å². The molecule has 1 amide bonds. The molecule has 1 heterocycles. The number of hydrogen-bond acceptors (Lipinski definition) is 2. The van der Waals surface area contributed by atoms with Crippen LogP contribution in [0.15, 0.2) is 60.0 Å². The number of hydrogen-bond donors (Lipinski definition) is 1. The topological polar surface area (TPSA) is 29.1 Å². The van der Waals surface area contributed by atoms with Crippen molar-refractivity contribution in [3.05, 3.63) is 75.6 Å². The maximum Gasteiger partial charge on any atom is 0.225 e. The second-order valence-electron chi connectivity index (χ2n) is 5.35. The molecule has 1 aromatic heterocycles. The minimum absolute atomic E-state index is 0.0144. The first-order chi connectivity index (χ1) is 11.6. The summed E-state index contributed by atoms with van der Waals surface area (Å²) in [5.74, 6) is -0.0144. The number of thiophene rings is 1. The Bertz CT molecular complexity index is 843. The first-order valence-corrected chi connectivity index (χ1v) is 9.13. The summed E-state index contributed by atoms with van der Waals surface area (Å²) in [6.07, 6.45) is 1.03. The monoisotopic (exact) mass is 375 g/mol. The van der Waals surface area contributed by atoms with Crippen molar-refractivity contribution < 1.29 is 4.79 Å². The highest BCUT2D eigenvalue weighted by Crippen LogP contribution is 2.30. The summed E-state index contributed by atoms with van der Waals surface area (Å²) >= 11 is 13.5. The summed E-state index contributed by atoms with van der Waals surface area (Å²) < 4.78 is 0. The molecule has 0 aliphatic carbocycles. The first-order valence-electron chi connectivity index (χ1n) is 7.49. The molecule has 0 bridgehead atoms. The molecule has 3 rings (SSSR count). The minimum Gasteiger partial charge on any atom is -0.318 e. The Balaban J connectivity index is 1.59. The van der Waals surface area contributed by atoms with E-state index in [1.165, 1.54) is 11.3 Å². The standard InChI is InChI=1S/C19H15Cl2NOS/c20-16-8-5-13(6-9-16)15-11-19(24-12-15)22-18(23)10-7-14-3-1-2-4-17(14)21/h1-6,8-9,11-12H,7,10H2,(H,22,23). The fourth-order valence-electron chi connectivity index (χ4n) is 2.34. The number of amides is 1. The van der Waals surface area contributed by atoms with E-state index in [1.54, 1.807) is 0 Å². The van der Waals surface area contributed by atoms with Gasteiger partial charge in [0.1, 0.15) is 0 Å². The molecule has 0 aliphatic rings. The van der Waals surface area contributed by atoms with Crippen LogP contribution in [-0.2, 0) is 11.2 Å². The van der Waals surface area contributed by atoms with Crippen LogP contribution in [0.25, 0.3) is 11.1 Å². The Kier molecular flexibility index (Phi) is 5.56. The molecule has 0 saturated carbocycles. The summed E-state index contributed by atoms with van der Waals surface area (Å²) in [5, 5.41) is 7.21. The van der Waals surface area contributed by atoms with Crippen LogP contribution in [0, 0.1) is 0 Å². The average molecular weight is 376 g/mol. The summed E-state index contributed by atoms with van der Waals surface area (Å²) in [6, 6.07) is 17.2. The summed E-state index contributed by atoms with van der Waals surface area (Å²) in [4.78, 5) is 12.1. The average Bonchev–Trinajstić information content (AvgIpc) is 3.03. The van der Waals surface area contributed by atoms with Gasteiger partial charge in [-0.15, -0.1) is 11.3 Å². The highest BCUT2D eigenvalue weighted by Gasteiger charge is 2.08. The third kappa shape index (κ3) is 4.38. The SMILES string of the molecule is O=C(CCc1ccccc1Cl)Nc1cc(-c2ccc(Cl)cc2)cs1. The van der Waals surface area contributed by atoms with Gasteiger partial charge in [-0.25, -0.2) is 0 Å². The lowest BCUT2D eigenvalue weighted by Crippen LogP contribution is -2.11. The highest BCUT2D eigenvalue weighted by atomic mass is 35.5. The van der Waals surface area contributed by atoms with Crippen LogP contribution >= 0.6 is 34.5 Å². The van der Waals surface area contributed by atoms with Gasteiger partial charge in [-0.3, -0.25) is 4.79 Å². The molecule has 0 fully saturated rings. The molecule has 2 nitrogen and oxygen atoms in total. The van der Waals surface area contributed by atoms with Gasteiger partial charge in [-0.1, -0.05) is 53.5 Å². The van der Waals surface area contributed by atoms with E-state index >= 15 is 0 Å². The molecule has 0 unspecified atom stereocenters. The van der Waals surface area contributed by atoms with Crippen LogP contribution in [-0.4, -0.2) is 5.91 Å². The smallest absolute Gasteiger partial charge is 0.225 e. The maximum atomic E-state index is 12.1. The minimum atomic E-state index is -0.0144. The number of aryl methyl sites for hydroxylation is 1. The lowest BCUT2D eigenvalue weighted by molar-refractivity contribution is -0.116. The lowest BCUT2D eigenvalue weighted by Gasteiger charge is -2.04. The molecular weight excluding hydrogens is 361 g/mol. The van der Waals surface area contributed by atoms with Gasteiger partial charge >= 0.3 is 0 Å². The van der Waals surface area contributed by atoms with Crippen molar-refractivity contribution in [3.8, 4) is 11.1 Å². The van der Waals surface area contributed by atoms with E-state index in [9.17, 15) is 4.79 Å². The lowest BCUT2D eigenvalue weighted by atomic mass is 10.1. The molecule has 0 saturated heterocycles. The number of anilines is 1. The molecule has 122 valence electrons. The van der Waals surface area contributed by atoms with E-state index in [-0.39, 0.29) is 5.91 Å². The van der Waals surface area contributed by atoms with E-state index in [0.717, 1.165) is 21.7 Å². The van der Waals surface area contributed by atoms with Crippen molar-refractivity contribution >= 4 is 45.4 Å². The van der Waals surface area contributed by atoms with E-state index in [0.29, 0.717) is 22.9 Å². The van der Waals surface area contributed by atoms with Crippen LogP contribution in [0.2, 0.25) is 10.0 Å². The predicted molar refractivity (Wildman–Crippen MR) is 103 cm³/mol. The van der Waals surface area contributed by atoms with Gasteiger partial charge in [0.15, 0.2) is 0 Å². The Hall–Kier alpha value is -1.81. The normalized spacial score (nSPS) is 10.6. The van der Waals surface area contributed by atoms with Crippen molar-refractivity contribution in [3.63, 3.8) is 0 Å². The van der Waals surface area contributed by atoms with Crippen molar-refractivity contribution in [1.82, 2.24) is 0 Å². The molecule has 5 heteroatoms. The number of halogens is 2. The first kappa shape index (κ1) is 17.0. The van der Waals surface area contributed by atoms with E-state index in [2.05, 4.69) is 5.32 Å². The van der Waals surface area contributed by atoms with Gasteiger partial charge in [0.25, 0.3) is 0 Å². The summed E-state index contributed by atoms with van der Waals surface area (Å²) in [6.45, 7) is 0. The number of carbonyl (C=O) groups excluding carboxylic acids is 1. The molecular formula is C19H15Cl2NOS. The van der Waals surface area contributed by atoms with E-state index in [1.807, 2.05) is 60.0 Å². The highest BCUT2D eigenvalue weighted by molar-refractivity contribution is 7.14. The molecule has 3 aromatic rings. The predicted octanol–water partition coefficient (Wildman–Crippen LogP) is 6.29. The van der Waals surface area contributed by atoms with E-state index in [4.69, 9.17) is 23.2 Å². The van der Waals surface area contributed by atoms with Gasteiger partial charge in [-0.2, -0.15) is 0 Å². The van der Waals surface area contributed by atoms with E-state index < -0.39 is 0 Å². The largest absolute Gasteiger partial charge is 0.318 e. The molecule has 2 aromatic carbocycles. The molecule has 0 radical (unpaired) electrons. The molecule has 0 aliphatic heterocycles. The Morgan fingerprint density at radius 1 is 1.00 bits per heavy atom. The Labute approximate surface area is 155 Å². The number of rotatable bonds is 5. The second-order valence-corrected chi connectivity index (χ2v) is 7.10. The van der Waals surface area contributed by atoms with Crippen LogP contribution in [0.4, 0.5) is 5.00 Å². The molecule has 24 heavy (non-hydrogen) atoms. The fourth-order valence-corrected chi connectivity index (χ4v) is 3.53. The zero-order valence-electron chi connectivity index (χ0n) is 12.8. The summed E-state index contributed by atoms with van der Waals surface area (Å²) in [7, 11) is 0. The van der Waals surface area contributed by atoms with Crippen LogP contribution < -0.4 is 5.32 Å². The number of nitrogens with one attached hydrogen (secondary N) is 1. The van der Waals surface area contributed by atoms with Gasteiger partial charge in [0.05, 0.1) is 5.00 Å². The third-order valence-corrected chi connectivity index (χ3v) is 5.09. The number of carbonyl (C=O) groups is 1. The maximum absolute atomic E-state index is 12.1. The second kappa shape index (κ2) is 7.84. The molecule has 0 atom stereocenters. The van der Waals surface area contributed by atoms with Gasteiger partial charge in [0.2, 0.25) is 5.91 Å². The van der Waals surface area contributed by atoms with Crippen LogP contribution in [0.3, 0.4) is 0 Å². The Morgan fingerprint density at radius 3 is 2.50 bits per heavy atom. The molecule has 1 N–H and O–H groups in total. The van der Waals surface area contributed by atoms with Gasteiger partial charge in [-0.05, 0) is 47.4 Å². The van der Waals surface area contributed by atoms with Crippen molar-refractivity contribution in [2.45, 2.75) is 12.8 Å². The quantitative estimate of drug-likeness (QED) is 0.557. The zero-order valence-corrected chi connectivity index (χ0v) is 15.1. The third-order valence-electron chi connectivity index (χ3n) is 3.62. The van der Waals surface area contributed by atoms with Gasteiger partial charge < -0.3 is 5.32 Å². The molecule has 0 spiro atoms. The number of benzene rings is 2. The zero-order chi connectivity index (χ0) is 16.9. The Morgan fingerprint density at radius 2 is 1.75 bits per heavy atom. The van der Waals surface area contributed by atoms with Gasteiger partial charge in [0, 0.05) is 21.8 Å². The van der Waals surface area contributed by atoms with Crippen molar-refractivity contribution in [2.75, 3.05) is 5.32 Å². The summed E-state index contributed by atoms with van der Waals surface area (Å²) in [5.41, 5.74) is 3.13. The van der Waals surface area contributed by atoms with Crippen molar-refractivity contribution in [1.29, 1.82) is 0 Å². The fraction of sp³-hybridized carbons (Fsp3) is 0.105. The van der Waals surface area contributed by atoms with Crippen molar-refractivity contribution in [2.24, 2.45) is 0 Å².